The Balaban J connectivity index is 2.59. The Labute approximate surface area is 108 Å². The van der Waals surface area contributed by atoms with Gasteiger partial charge in [-0.2, -0.15) is 9.78 Å². The van der Waals surface area contributed by atoms with Gasteiger partial charge < -0.3 is 4.74 Å². The molecule has 0 fully saturated rings. The lowest BCUT2D eigenvalue weighted by molar-refractivity contribution is 0.323. The van der Waals surface area contributed by atoms with Crippen LogP contribution in [0.3, 0.4) is 0 Å². The Bertz CT molecular complexity index is 628. The predicted octanol–water partition coefficient (Wildman–Crippen LogP) is 2.06. The molecule has 2 rings (SSSR count). The molecule has 0 radical (unpaired) electrons. The molecule has 4 nitrogen and oxygen atoms in total. The highest BCUT2D eigenvalue weighted by atomic mass is 32.1. The predicted molar refractivity (Wildman–Crippen MR) is 68.2 cm³/mol. The summed E-state index contributed by atoms with van der Waals surface area (Å²) in [4.78, 5) is 12.5. The Morgan fingerprint density at radius 2 is 2.28 bits per heavy atom. The van der Waals surface area contributed by atoms with Crippen molar-refractivity contribution in [1.82, 2.24) is 9.78 Å². The fourth-order valence-electron chi connectivity index (χ4n) is 1.50. The number of benzene rings is 1. The highest BCUT2D eigenvalue weighted by Crippen LogP contribution is 2.17. The summed E-state index contributed by atoms with van der Waals surface area (Å²) < 4.78 is 19.4. The molecule has 0 saturated heterocycles. The van der Waals surface area contributed by atoms with Crippen molar-refractivity contribution in [1.29, 1.82) is 0 Å². The molecule has 0 bridgehead atoms. The second kappa shape index (κ2) is 5.22. The maximum Gasteiger partial charge on any atom is 0.314 e. The van der Waals surface area contributed by atoms with E-state index in [-0.39, 0.29) is 5.75 Å². The smallest absolute Gasteiger partial charge is 0.314 e. The van der Waals surface area contributed by atoms with Gasteiger partial charge in [0.1, 0.15) is 5.82 Å². The van der Waals surface area contributed by atoms with E-state index in [0.717, 1.165) is 4.68 Å². The van der Waals surface area contributed by atoms with E-state index in [1.807, 2.05) is 0 Å². The molecular formula is C12H11FN2O2S. The SMILES string of the molecule is CCOc1c(S)cnn(-c2cccc(F)c2)c1=O. The van der Waals surface area contributed by atoms with Crippen molar-refractivity contribution in [3.05, 3.63) is 46.6 Å². The summed E-state index contributed by atoms with van der Waals surface area (Å²) in [6.45, 7) is 2.11. The number of halogens is 1. The van der Waals surface area contributed by atoms with E-state index >= 15 is 0 Å². The molecular weight excluding hydrogens is 255 g/mol. The second-order valence-corrected chi connectivity index (χ2v) is 3.97. The summed E-state index contributed by atoms with van der Waals surface area (Å²) in [6.07, 6.45) is 1.39. The minimum atomic E-state index is -0.463. The first-order valence-electron chi connectivity index (χ1n) is 5.33. The molecule has 1 heterocycles. The van der Waals surface area contributed by atoms with E-state index in [0.29, 0.717) is 17.2 Å². The maximum absolute atomic E-state index is 13.1. The van der Waals surface area contributed by atoms with Gasteiger partial charge in [0.25, 0.3) is 0 Å². The fourth-order valence-corrected chi connectivity index (χ4v) is 1.71. The van der Waals surface area contributed by atoms with Crippen molar-refractivity contribution in [2.45, 2.75) is 11.8 Å². The van der Waals surface area contributed by atoms with Gasteiger partial charge >= 0.3 is 5.56 Å². The van der Waals surface area contributed by atoms with Crippen LogP contribution in [0.2, 0.25) is 0 Å². The quantitative estimate of drug-likeness (QED) is 0.865. The van der Waals surface area contributed by atoms with E-state index in [9.17, 15) is 9.18 Å². The van der Waals surface area contributed by atoms with Crippen LogP contribution in [-0.2, 0) is 0 Å². The summed E-state index contributed by atoms with van der Waals surface area (Å²) in [5, 5.41) is 3.91. The van der Waals surface area contributed by atoms with Gasteiger partial charge in [-0.15, -0.1) is 12.6 Å². The average molecular weight is 266 g/mol. The zero-order chi connectivity index (χ0) is 13.1. The number of thiol groups is 1. The topological polar surface area (TPSA) is 44.1 Å². The van der Waals surface area contributed by atoms with E-state index in [1.54, 1.807) is 13.0 Å². The fraction of sp³-hybridized carbons (Fsp3) is 0.167. The number of ether oxygens (including phenoxy) is 1. The van der Waals surface area contributed by atoms with Crippen LogP contribution in [0.4, 0.5) is 4.39 Å². The number of rotatable bonds is 3. The van der Waals surface area contributed by atoms with Gasteiger partial charge in [0.15, 0.2) is 0 Å². The molecule has 0 N–H and O–H groups in total. The van der Waals surface area contributed by atoms with Crippen LogP contribution in [-0.4, -0.2) is 16.4 Å². The molecule has 18 heavy (non-hydrogen) atoms. The summed E-state index contributed by atoms with van der Waals surface area (Å²) >= 11 is 4.11. The van der Waals surface area contributed by atoms with Crippen molar-refractivity contribution in [3.63, 3.8) is 0 Å². The molecule has 0 amide bonds. The van der Waals surface area contributed by atoms with Crippen molar-refractivity contribution < 1.29 is 9.13 Å². The monoisotopic (exact) mass is 266 g/mol. The summed E-state index contributed by atoms with van der Waals surface area (Å²) in [5.41, 5.74) is -0.121. The van der Waals surface area contributed by atoms with Crippen LogP contribution in [0.25, 0.3) is 5.69 Å². The first-order valence-corrected chi connectivity index (χ1v) is 5.78. The molecule has 0 aliphatic carbocycles. The standard InChI is InChI=1S/C12H11FN2O2S/c1-2-17-11-10(18)7-14-15(12(11)16)9-5-3-4-8(13)6-9/h3-7,18H,2H2,1H3. The Kier molecular flexibility index (Phi) is 3.66. The van der Waals surface area contributed by atoms with E-state index < -0.39 is 11.4 Å². The normalized spacial score (nSPS) is 10.4. The molecule has 6 heteroatoms. The summed E-state index contributed by atoms with van der Waals surface area (Å²) in [7, 11) is 0. The highest BCUT2D eigenvalue weighted by molar-refractivity contribution is 7.80. The van der Waals surface area contributed by atoms with Gasteiger partial charge in [-0.05, 0) is 25.1 Å². The molecule has 1 aromatic heterocycles. The van der Waals surface area contributed by atoms with Crippen LogP contribution >= 0.6 is 12.6 Å². The minimum Gasteiger partial charge on any atom is -0.487 e. The van der Waals surface area contributed by atoms with Gasteiger partial charge in [-0.25, -0.2) is 4.39 Å². The molecule has 0 unspecified atom stereocenters. The molecule has 2 aromatic rings. The Hall–Kier alpha value is -1.82. The van der Waals surface area contributed by atoms with Gasteiger partial charge in [-0.3, -0.25) is 4.79 Å². The van der Waals surface area contributed by atoms with Gasteiger partial charge in [0.05, 0.1) is 23.4 Å². The molecule has 0 saturated carbocycles. The maximum atomic E-state index is 13.1. The van der Waals surface area contributed by atoms with Gasteiger partial charge in [0, 0.05) is 0 Å². The third-order valence-corrected chi connectivity index (χ3v) is 2.57. The van der Waals surface area contributed by atoms with E-state index in [2.05, 4.69) is 17.7 Å². The van der Waals surface area contributed by atoms with Gasteiger partial charge in [-0.1, -0.05) is 6.07 Å². The van der Waals surface area contributed by atoms with E-state index in [1.165, 1.54) is 24.4 Å². The van der Waals surface area contributed by atoms with Crippen molar-refractivity contribution in [2.24, 2.45) is 0 Å². The number of nitrogens with zero attached hydrogens (tertiary/aromatic N) is 2. The molecule has 0 spiro atoms. The van der Waals surface area contributed by atoms with E-state index in [4.69, 9.17) is 4.74 Å². The lowest BCUT2D eigenvalue weighted by Crippen LogP contribution is -2.23. The Morgan fingerprint density at radius 1 is 1.50 bits per heavy atom. The molecule has 0 atom stereocenters. The van der Waals surface area contributed by atoms with Crippen molar-refractivity contribution >= 4 is 12.6 Å². The van der Waals surface area contributed by atoms with Crippen LogP contribution in [0.1, 0.15) is 6.92 Å². The summed E-state index contributed by atoms with van der Waals surface area (Å²) in [5.74, 6) is -0.325. The van der Waals surface area contributed by atoms with Crippen molar-refractivity contribution in [2.75, 3.05) is 6.61 Å². The average Bonchev–Trinajstić information content (AvgIpc) is 2.34. The molecule has 0 aliphatic rings. The van der Waals surface area contributed by atoms with Crippen LogP contribution in [0.15, 0.2) is 40.2 Å². The lowest BCUT2D eigenvalue weighted by atomic mass is 10.3. The highest BCUT2D eigenvalue weighted by Gasteiger charge is 2.11. The molecule has 0 aliphatic heterocycles. The first-order chi connectivity index (χ1) is 8.63. The second-order valence-electron chi connectivity index (χ2n) is 3.49. The number of hydrogen-bond acceptors (Lipinski definition) is 4. The lowest BCUT2D eigenvalue weighted by Gasteiger charge is -2.09. The van der Waals surface area contributed by atoms with Crippen LogP contribution < -0.4 is 10.3 Å². The minimum absolute atomic E-state index is 0.111. The van der Waals surface area contributed by atoms with Gasteiger partial charge in [0.2, 0.25) is 5.75 Å². The zero-order valence-electron chi connectivity index (χ0n) is 9.63. The Morgan fingerprint density at radius 3 is 2.94 bits per heavy atom. The number of hydrogen-bond donors (Lipinski definition) is 1. The van der Waals surface area contributed by atoms with Crippen LogP contribution in [0, 0.1) is 5.82 Å². The largest absolute Gasteiger partial charge is 0.487 e. The first kappa shape index (κ1) is 12.6. The zero-order valence-corrected chi connectivity index (χ0v) is 10.5. The molecule has 94 valence electrons. The van der Waals surface area contributed by atoms with Crippen molar-refractivity contribution in [3.8, 4) is 11.4 Å². The van der Waals surface area contributed by atoms with Crippen LogP contribution in [0.5, 0.6) is 5.75 Å². The summed E-state index contributed by atoms with van der Waals surface area (Å²) in [6, 6.07) is 5.62. The number of aromatic nitrogens is 2. The molecule has 1 aromatic carbocycles. The third-order valence-electron chi connectivity index (χ3n) is 2.26. The third kappa shape index (κ3) is 2.38.